The van der Waals surface area contributed by atoms with Crippen LogP contribution in [0.1, 0.15) is 10.4 Å². The zero-order valence-corrected chi connectivity index (χ0v) is 12.1. The van der Waals surface area contributed by atoms with Gasteiger partial charge in [-0.05, 0) is 18.2 Å². The maximum atomic E-state index is 11.9. The molecule has 112 valence electrons. The Kier molecular flexibility index (Phi) is 2.81. The van der Waals surface area contributed by atoms with E-state index in [9.17, 15) is 9.90 Å². The van der Waals surface area contributed by atoms with Gasteiger partial charge in [-0.15, -0.1) is 0 Å². The van der Waals surface area contributed by atoms with Crippen LogP contribution in [0.25, 0.3) is 33.2 Å². The fourth-order valence-corrected chi connectivity index (χ4v) is 2.83. The number of fused-ring (bicyclic) bond motifs is 3. The normalized spacial score (nSPS) is 11.1. The first kappa shape index (κ1) is 13.3. The molecule has 4 aromatic rings. The van der Waals surface area contributed by atoms with E-state index in [2.05, 4.69) is 9.97 Å². The summed E-state index contributed by atoms with van der Waals surface area (Å²) < 4.78 is 0. The number of pyridine rings is 1. The van der Waals surface area contributed by atoms with Gasteiger partial charge in [-0.2, -0.15) is 0 Å². The van der Waals surface area contributed by atoms with Gasteiger partial charge in [-0.1, -0.05) is 36.4 Å². The van der Waals surface area contributed by atoms with Crippen LogP contribution >= 0.6 is 0 Å². The number of benzene rings is 2. The van der Waals surface area contributed by atoms with E-state index >= 15 is 0 Å². The number of H-pyrrole nitrogens is 1. The topological polar surface area (TPSA) is 92.0 Å². The smallest absolute Gasteiger partial charge is 0.250 e. The van der Waals surface area contributed by atoms with Crippen molar-refractivity contribution in [1.29, 1.82) is 0 Å². The Hall–Kier alpha value is -3.34. The maximum Gasteiger partial charge on any atom is 0.250 e. The van der Waals surface area contributed by atoms with E-state index in [1.807, 2.05) is 36.4 Å². The summed E-state index contributed by atoms with van der Waals surface area (Å²) in [4.78, 5) is 19.6. The summed E-state index contributed by atoms with van der Waals surface area (Å²) in [6.07, 6.45) is 0. The molecule has 1 amide bonds. The number of phenolic OH excluding ortho intramolecular Hbond substituents is 1. The number of primary amides is 1. The second-order valence-electron chi connectivity index (χ2n) is 5.33. The fraction of sp³-hybridized carbons (Fsp3) is 0. The van der Waals surface area contributed by atoms with Crippen molar-refractivity contribution in [2.45, 2.75) is 0 Å². The Morgan fingerprint density at radius 1 is 1.09 bits per heavy atom. The first-order valence-corrected chi connectivity index (χ1v) is 7.15. The van der Waals surface area contributed by atoms with Gasteiger partial charge in [0.05, 0.1) is 27.7 Å². The van der Waals surface area contributed by atoms with E-state index in [0.717, 1.165) is 5.56 Å². The van der Waals surface area contributed by atoms with Crippen molar-refractivity contribution in [3.63, 3.8) is 0 Å². The number of carbonyl (C=O) groups excluding carboxylic acids is 1. The number of nitrogens with two attached hydrogens (primary N) is 1. The molecule has 4 N–H and O–H groups in total. The molecular weight excluding hydrogens is 290 g/mol. The van der Waals surface area contributed by atoms with Crippen LogP contribution in [0.2, 0.25) is 0 Å². The molecule has 2 heterocycles. The summed E-state index contributed by atoms with van der Waals surface area (Å²) in [6, 6.07) is 16.4. The Bertz CT molecular complexity index is 1050. The van der Waals surface area contributed by atoms with Crippen molar-refractivity contribution < 1.29 is 9.90 Å². The Labute approximate surface area is 131 Å². The highest BCUT2D eigenvalue weighted by Crippen LogP contribution is 2.34. The molecule has 5 nitrogen and oxygen atoms in total. The van der Waals surface area contributed by atoms with E-state index in [0.29, 0.717) is 33.2 Å². The van der Waals surface area contributed by atoms with Gasteiger partial charge in [-0.3, -0.25) is 4.79 Å². The highest BCUT2D eigenvalue weighted by Gasteiger charge is 2.17. The molecule has 0 atom stereocenters. The largest absolute Gasteiger partial charge is 0.507 e. The number of aromatic hydroxyl groups is 1. The molecule has 0 aliphatic carbocycles. The third-order valence-corrected chi connectivity index (χ3v) is 3.89. The predicted molar refractivity (Wildman–Crippen MR) is 89.2 cm³/mol. The molecule has 2 aromatic carbocycles. The lowest BCUT2D eigenvalue weighted by Gasteiger charge is -2.05. The molecule has 0 saturated heterocycles. The predicted octanol–water partition coefficient (Wildman–Crippen LogP) is 3.19. The number of hydrogen-bond acceptors (Lipinski definition) is 3. The first-order valence-electron chi connectivity index (χ1n) is 7.15. The van der Waals surface area contributed by atoms with Crippen LogP contribution in [-0.2, 0) is 0 Å². The Balaban J connectivity index is 2.15. The SMILES string of the molecule is NC(=O)c1cc(-c2ccccc2)nc2c1[nH]c1cccc(O)c12. The number of aromatic amines is 1. The minimum absolute atomic E-state index is 0.113. The Morgan fingerprint density at radius 2 is 1.87 bits per heavy atom. The summed E-state index contributed by atoms with van der Waals surface area (Å²) >= 11 is 0. The molecule has 23 heavy (non-hydrogen) atoms. The van der Waals surface area contributed by atoms with Gasteiger partial charge < -0.3 is 15.8 Å². The summed E-state index contributed by atoms with van der Waals surface area (Å²) in [5, 5.41) is 10.8. The van der Waals surface area contributed by atoms with Crippen molar-refractivity contribution >= 4 is 27.8 Å². The van der Waals surface area contributed by atoms with Crippen molar-refractivity contribution in [1.82, 2.24) is 9.97 Å². The number of rotatable bonds is 2. The first-order chi connectivity index (χ1) is 11.1. The van der Waals surface area contributed by atoms with Gasteiger partial charge >= 0.3 is 0 Å². The van der Waals surface area contributed by atoms with Gasteiger partial charge in [0.25, 0.3) is 5.91 Å². The van der Waals surface area contributed by atoms with Gasteiger partial charge in [0, 0.05) is 5.56 Å². The molecule has 0 aliphatic rings. The lowest BCUT2D eigenvalue weighted by Crippen LogP contribution is -2.12. The summed E-state index contributed by atoms with van der Waals surface area (Å²) in [7, 11) is 0. The average Bonchev–Trinajstić information content (AvgIpc) is 2.94. The van der Waals surface area contributed by atoms with Crippen molar-refractivity contribution in [2.24, 2.45) is 5.73 Å². The second kappa shape index (κ2) is 4.84. The number of aromatic nitrogens is 2. The second-order valence-corrected chi connectivity index (χ2v) is 5.33. The fourth-order valence-electron chi connectivity index (χ4n) is 2.83. The standard InChI is InChI=1S/C18H13N3O2/c19-18(23)11-9-13(10-5-2-1-3-6-10)21-17-15-12(20-16(11)17)7-4-8-14(15)22/h1-9,20,22H,(H2,19,23). The molecule has 0 radical (unpaired) electrons. The zero-order valence-electron chi connectivity index (χ0n) is 12.1. The third-order valence-electron chi connectivity index (χ3n) is 3.89. The zero-order chi connectivity index (χ0) is 16.0. The molecular formula is C18H13N3O2. The Morgan fingerprint density at radius 3 is 2.61 bits per heavy atom. The van der Waals surface area contributed by atoms with E-state index in [1.165, 1.54) is 0 Å². The molecule has 0 spiro atoms. The van der Waals surface area contributed by atoms with Gasteiger partial charge in [0.2, 0.25) is 0 Å². The molecule has 0 aliphatic heterocycles. The molecule has 2 aromatic heterocycles. The summed E-state index contributed by atoms with van der Waals surface area (Å²) in [5.41, 5.74) is 9.18. The lowest BCUT2D eigenvalue weighted by atomic mass is 10.1. The van der Waals surface area contributed by atoms with Gasteiger partial charge in [0.1, 0.15) is 11.3 Å². The number of carbonyl (C=O) groups is 1. The quantitative estimate of drug-likeness (QED) is 0.531. The molecule has 4 rings (SSSR count). The van der Waals surface area contributed by atoms with Crippen molar-refractivity contribution in [3.8, 4) is 17.0 Å². The monoisotopic (exact) mass is 303 g/mol. The van der Waals surface area contributed by atoms with Crippen LogP contribution in [0.4, 0.5) is 0 Å². The number of phenols is 1. The van der Waals surface area contributed by atoms with Crippen LogP contribution in [-0.4, -0.2) is 21.0 Å². The van der Waals surface area contributed by atoms with Crippen LogP contribution in [0, 0.1) is 0 Å². The van der Waals surface area contributed by atoms with E-state index in [-0.39, 0.29) is 5.75 Å². The van der Waals surface area contributed by atoms with E-state index in [4.69, 9.17) is 5.73 Å². The van der Waals surface area contributed by atoms with Crippen molar-refractivity contribution in [3.05, 3.63) is 60.2 Å². The van der Waals surface area contributed by atoms with Crippen molar-refractivity contribution in [2.75, 3.05) is 0 Å². The minimum atomic E-state index is -0.541. The van der Waals surface area contributed by atoms with Crippen LogP contribution < -0.4 is 5.73 Å². The molecule has 0 fully saturated rings. The number of hydrogen-bond donors (Lipinski definition) is 3. The number of nitrogens with one attached hydrogen (secondary N) is 1. The molecule has 0 unspecified atom stereocenters. The summed E-state index contributed by atoms with van der Waals surface area (Å²) in [6.45, 7) is 0. The number of amides is 1. The molecule has 5 heteroatoms. The maximum absolute atomic E-state index is 11.9. The molecule has 0 bridgehead atoms. The van der Waals surface area contributed by atoms with E-state index < -0.39 is 5.91 Å². The summed E-state index contributed by atoms with van der Waals surface area (Å²) in [5.74, 6) is -0.428. The average molecular weight is 303 g/mol. The highest BCUT2D eigenvalue weighted by atomic mass is 16.3. The highest BCUT2D eigenvalue weighted by molar-refractivity contribution is 6.15. The van der Waals surface area contributed by atoms with Crippen LogP contribution in [0.3, 0.4) is 0 Å². The molecule has 0 saturated carbocycles. The third kappa shape index (κ3) is 2.02. The lowest BCUT2D eigenvalue weighted by molar-refractivity contribution is 0.100. The van der Waals surface area contributed by atoms with Crippen LogP contribution in [0.5, 0.6) is 5.75 Å². The minimum Gasteiger partial charge on any atom is -0.507 e. The van der Waals surface area contributed by atoms with Gasteiger partial charge in [-0.25, -0.2) is 4.98 Å². The van der Waals surface area contributed by atoms with Crippen LogP contribution in [0.15, 0.2) is 54.6 Å². The number of nitrogens with zero attached hydrogens (tertiary/aromatic N) is 1. The van der Waals surface area contributed by atoms with Gasteiger partial charge in [0.15, 0.2) is 0 Å². The van der Waals surface area contributed by atoms with E-state index in [1.54, 1.807) is 18.2 Å².